The number of rotatable bonds is 5. The number of ether oxygens (including phenoxy) is 1. The second-order valence-electron chi connectivity index (χ2n) is 4.83. The van der Waals surface area contributed by atoms with E-state index in [2.05, 4.69) is 0 Å². The third kappa shape index (κ3) is 3.78. The fraction of sp³-hybridized carbons (Fsp3) is 0.222. The summed E-state index contributed by atoms with van der Waals surface area (Å²) >= 11 is 0. The van der Waals surface area contributed by atoms with Crippen LogP contribution in [0.5, 0.6) is 0 Å². The zero-order valence-electron chi connectivity index (χ0n) is 12.2. The Morgan fingerprint density at radius 2 is 1.57 bits per heavy atom. The van der Waals surface area contributed by atoms with Crippen molar-refractivity contribution in [2.45, 2.75) is 26.4 Å². The zero-order chi connectivity index (χ0) is 15.2. The molecule has 1 atom stereocenters. The van der Waals surface area contributed by atoms with Gasteiger partial charge in [-0.25, -0.2) is 4.79 Å². The van der Waals surface area contributed by atoms with Gasteiger partial charge < -0.3 is 4.74 Å². The van der Waals surface area contributed by atoms with Crippen LogP contribution in [0.3, 0.4) is 0 Å². The molecule has 0 spiro atoms. The fourth-order valence-corrected chi connectivity index (χ4v) is 2.00. The number of carbonyl (C=O) groups excluding carboxylic acids is 2. The molecule has 0 N–H and O–H groups in total. The van der Waals surface area contributed by atoms with Crippen LogP contribution in [-0.2, 0) is 11.2 Å². The third-order valence-electron chi connectivity index (χ3n) is 3.31. The lowest BCUT2D eigenvalue weighted by Crippen LogP contribution is -2.24. The van der Waals surface area contributed by atoms with Crippen molar-refractivity contribution in [3.8, 4) is 0 Å². The van der Waals surface area contributed by atoms with Gasteiger partial charge >= 0.3 is 5.97 Å². The summed E-state index contributed by atoms with van der Waals surface area (Å²) in [4.78, 5) is 24.2. The molecule has 2 rings (SSSR count). The summed E-state index contributed by atoms with van der Waals surface area (Å²) < 4.78 is 5.24. The lowest BCUT2D eigenvalue weighted by Gasteiger charge is -2.12. The Balaban J connectivity index is 2.03. The summed E-state index contributed by atoms with van der Waals surface area (Å²) in [5.74, 6) is -0.677. The quantitative estimate of drug-likeness (QED) is 0.620. The molecule has 0 heterocycles. The van der Waals surface area contributed by atoms with Crippen LogP contribution >= 0.6 is 0 Å². The van der Waals surface area contributed by atoms with Crippen LogP contribution < -0.4 is 0 Å². The van der Waals surface area contributed by atoms with Gasteiger partial charge in [0.2, 0.25) is 5.78 Å². The molecule has 0 aliphatic rings. The molecule has 0 amide bonds. The monoisotopic (exact) mass is 282 g/mol. The highest BCUT2D eigenvalue weighted by atomic mass is 16.5. The first-order chi connectivity index (χ1) is 10.1. The van der Waals surface area contributed by atoms with E-state index in [1.165, 1.54) is 0 Å². The van der Waals surface area contributed by atoms with Gasteiger partial charge in [-0.15, -0.1) is 0 Å². The van der Waals surface area contributed by atoms with Gasteiger partial charge in [-0.05, 0) is 31.0 Å². The summed E-state index contributed by atoms with van der Waals surface area (Å²) in [7, 11) is 0. The van der Waals surface area contributed by atoms with E-state index in [4.69, 9.17) is 4.74 Å². The molecule has 21 heavy (non-hydrogen) atoms. The van der Waals surface area contributed by atoms with Gasteiger partial charge in [0.25, 0.3) is 0 Å². The molecule has 0 radical (unpaired) electrons. The van der Waals surface area contributed by atoms with Crippen LogP contribution in [0, 0.1) is 0 Å². The van der Waals surface area contributed by atoms with Crippen LogP contribution in [0.2, 0.25) is 0 Å². The summed E-state index contributed by atoms with van der Waals surface area (Å²) in [5.41, 5.74) is 2.15. The van der Waals surface area contributed by atoms with Crippen LogP contribution in [0.1, 0.15) is 40.1 Å². The number of carbonyl (C=O) groups is 2. The first-order valence-corrected chi connectivity index (χ1v) is 7.01. The summed E-state index contributed by atoms with van der Waals surface area (Å²) in [5, 5.41) is 0. The van der Waals surface area contributed by atoms with Crippen molar-refractivity contribution in [1.29, 1.82) is 0 Å². The molecule has 0 saturated carbocycles. The molecule has 3 heteroatoms. The highest BCUT2D eigenvalue weighted by Crippen LogP contribution is 2.11. The Morgan fingerprint density at radius 3 is 2.14 bits per heavy atom. The van der Waals surface area contributed by atoms with Gasteiger partial charge in [0, 0.05) is 5.56 Å². The molecule has 0 aliphatic carbocycles. The van der Waals surface area contributed by atoms with Crippen molar-refractivity contribution in [1.82, 2.24) is 0 Å². The lowest BCUT2D eigenvalue weighted by molar-refractivity contribution is 0.0319. The number of ketones is 1. The smallest absolute Gasteiger partial charge is 0.338 e. The fourth-order valence-electron chi connectivity index (χ4n) is 2.00. The van der Waals surface area contributed by atoms with Gasteiger partial charge in [0.15, 0.2) is 6.10 Å². The molecule has 2 aromatic rings. The maximum absolute atomic E-state index is 12.1. The van der Waals surface area contributed by atoms with Crippen LogP contribution in [0.4, 0.5) is 0 Å². The Bertz CT molecular complexity index is 615. The van der Waals surface area contributed by atoms with Crippen molar-refractivity contribution >= 4 is 11.8 Å². The molecule has 0 fully saturated rings. The predicted molar refractivity (Wildman–Crippen MR) is 81.5 cm³/mol. The molecule has 0 bridgehead atoms. The first-order valence-electron chi connectivity index (χ1n) is 7.01. The highest BCUT2D eigenvalue weighted by Gasteiger charge is 2.20. The van der Waals surface area contributed by atoms with Crippen LogP contribution in [-0.4, -0.2) is 17.9 Å². The maximum Gasteiger partial charge on any atom is 0.338 e. The minimum absolute atomic E-state index is 0.200. The number of esters is 1. The maximum atomic E-state index is 12.1. The Kier molecular flexibility index (Phi) is 4.88. The van der Waals surface area contributed by atoms with E-state index < -0.39 is 12.1 Å². The van der Waals surface area contributed by atoms with Gasteiger partial charge in [-0.2, -0.15) is 0 Å². The molecular weight excluding hydrogens is 264 g/mol. The van der Waals surface area contributed by atoms with E-state index in [0.29, 0.717) is 11.1 Å². The van der Waals surface area contributed by atoms with E-state index in [-0.39, 0.29) is 5.78 Å². The number of Topliss-reactive ketones (excluding diaryl/α,β-unsaturated/α-hetero) is 1. The molecule has 0 aliphatic heterocycles. The average Bonchev–Trinajstić information content (AvgIpc) is 2.55. The van der Waals surface area contributed by atoms with E-state index in [0.717, 1.165) is 12.0 Å². The van der Waals surface area contributed by atoms with Crippen LogP contribution in [0.15, 0.2) is 54.6 Å². The van der Waals surface area contributed by atoms with Crippen molar-refractivity contribution < 1.29 is 14.3 Å². The van der Waals surface area contributed by atoms with Crippen molar-refractivity contribution in [2.24, 2.45) is 0 Å². The van der Waals surface area contributed by atoms with Gasteiger partial charge in [0.05, 0.1) is 5.56 Å². The van der Waals surface area contributed by atoms with Crippen molar-refractivity contribution in [3.05, 3.63) is 71.3 Å². The second kappa shape index (κ2) is 6.84. The van der Waals surface area contributed by atoms with Gasteiger partial charge in [0.1, 0.15) is 0 Å². The number of aryl methyl sites for hydroxylation is 1. The highest BCUT2D eigenvalue weighted by molar-refractivity contribution is 6.01. The van der Waals surface area contributed by atoms with Crippen molar-refractivity contribution in [2.75, 3.05) is 0 Å². The molecule has 1 unspecified atom stereocenters. The minimum Gasteiger partial charge on any atom is -0.451 e. The Hall–Kier alpha value is -2.42. The largest absolute Gasteiger partial charge is 0.451 e. The standard InChI is InChI=1S/C18H18O3/c1-3-14-9-11-16(12-10-14)18(20)21-13(2)17(19)15-7-5-4-6-8-15/h4-13H,3H2,1-2H3. The normalized spacial score (nSPS) is 11.7. The van der Waals surface area contributed by atoms with Gasteiger partial charge in [-0.1, -0.05) is 49.4 Å². The van der Waals surface area contributed by atoms with Gasteiger partial charge in [-0.3, -0.25) is 4.79 Å². The lowest BCUT2D eigenvalue weighted by atomic mass is 10.1. The third-order valence-corrected chi connectivity index (χ3v) is 3.31. The van der Waals surface area contributed by atoms with E-state index in [9.17, 15) is 9.59 Å². The SMILES string of the molecule is CCc1ccc(C(=O)OC(C)C(=O)c2ccccc2)cc1. The van der Waals surface area contributed by atoms with Crippen LogP contribution in [0.25, 0.3) is 0 Å². The molecule has 2 aromatic carbocycles. The Labute approximate surface area is 124 Å². The summed E-state index contributed by atoms with van der Waals surface area (Å²) in [6.07, 6.45) is 0.115. The van der Waals surface area contributed by atoms with E-state index in [1.54, 1.807) is 43.3 Å². The average molecular weight is 282 g/mol. The molecule has 0 aromatic heterocycles. The van der Waals surface area contributed by atoms with E-state index >= 15 is 0 Å². The molecule has 108 valence electrons. The summed E-state index contributed by atoms with van der Waals surface area (Å²) in [6.45, 7) is 3.64. The zero-order valence-corrected chi connectivity index (χ0v) is 12.2. The number of benzene rings is 2. The predicted octanol–water partition coefficient (Wildman–Crippen LogP) is 3.68. The summed E-state index contributed by atoms with van der Waals surface area (Å²) in [6, 6.07) is 16.0. The second-order valence-corrected chi connectivity index (χ2v) is 4.83. The molecule has 0 saturated heterocycles. The van der Waals surface area contributed by atoms with E-state index in [1.807, 2.05) is 25.1 Å². The Morgan fingerprint density at radius 1 is 0.952 bits per heavy atom. The minimum atomic E-state index is -0.800. The molecule has 3 nitrogen and oxygen atoms in total. The molecular formula is C18H18O3. The topological polar surface area (TPSA) is 43.4 Å². The number of hydrogen-bond acceptors (Lipinski definition) is 3. The van der Waals surface area contributed by atoms with Crippen molar-refractivity contribution in [3.63, 3.8) is 0 Å². The number of hydrogen-bond donors (Lipinski definition) is 0. The first kappa shape index (κ1) is 15.0.